The van der Waals surface area contributed by atoms with Gasteiger partial charge in [0, 0.05) is 17.0 Å². The number of aromatic amines is 1. The number of fused-ring (bicyclic) bond motifs is 1. The number of nitrogens with one attached hydrogen (secondary N) is 1. The summed E-state index contributed by atoms with van der Waals surface area (Å²) in [6, 6.07) is 5.28. The molecule has 0 aliphatic heterocycles. The molecule has 1 aromatic carbocycles. The molecule has 1 N–H and O–H groups in total. The molecule has 0 unspecified atom stereocenters. The van der Waals surface area contributed by atoms with Crippen molar-refractivity contribution in [2.45, 2.75) is 40.2 Å². The highest BCUT2D eigenvalue weighted by Crippen LogP contribution is 2.29. The molecule has 0 bridgehead atoms. The van der Waals surface area contributed by atoms with Crippen LogP contribution in [-0.2, 0) is 17.8 Å². The van der Waals surface area contributed by atoms with Crippen molar-refractivity contribution in [2.75, 3.05) is 0 Å². The molecule has 1 atom stereocenters. The van der Waals surface area contributed by atoms with Gasteiger partial charge in [0.25, 0.3) is 11.2 Å². The second-order valence-electron chi connectivity index (χ2n) is 6.93. The number of ether oxygens (including phenoxy) is 1. The summed E-state index contributed by atoms with van der Waals surface area (Å²) in [6.07, 6.45) is 1.84. The molecule has 0 fully saturated rings. The predicted molar refractivity (Wildman–Crippen MR) is 110 cm³/mol. The van der Waals surface area contributed by atoms with Gasteiger partial charge in [0.05, 0.1) is 15.9 Å². The Morgan fingerprint density at radius 1 is 1.41 bits per heavy atom. The second kappa shape index (κ2) is 8.52. The smallest absolute Gasteiger partial charge is 0.338 e. The lowest BCUT2D eigenvalue weighted by atomic mass is 9.98. The number of rotatable bonds is 7. The van der Waals surface area contributed by atoms with Gasteiger partial charge in [-0.05, 0) is 30.9 Å². The number of H-pyrrole nitrogens is 1. The third kappa shape index (κ3) is 4.51. The number of hydrogen-bond donors (Lipinski definition) is 1. The number of non-ortho nitro benzene ring substituents is 1. The van der Waals surface area contributed by atoms with Crippen LogP contribution in [0, 0.1) is 23.0 Å². The van der Waals surface area contributed by atoms with Crippen molar-refractivity contribution in [1.82, 2.24) is 9.97 Å². The summed E-state index contributed by atoms with van der Waals surface area (Å²) >= 11 is 1.45. The van der Waals surface area contributed by atoms with E-state index in [-0.39, 0.29) is 29.2 Å². The summed E-state index contributed by atoms with van der Waals surface area (Å²) in [4.78, 5) is 43.9. The zero-order valence-corrected chi connectivity index (χ0v) is 17.2. The summed E-state index contributed by atoms with van der Waals surface area (Å²) in [5.41, 5.74) is 0.632. The SMILES string of the molecule is CC[C@@H](C)Cc1c(C)sc2nc(COC(=O)c3cccc([N+](=O)[O-])c3)[nH]c(=O)c12. The Hall–Kier alpha value is -3.07. The Kier molecular flexibility index (Phi) is 6.07. The van der Waals surface area contributed by atoms with Crippen LogP contribution < -0.4 is 5.56 Å². The highest BCUT2D eigenvalue weighted by Gasteiger charge is 2.18. The average Bonchev–Trinajstić information content (AvgIpc) is 3.01. The van der Waals surface area contributed by atoms with Crippen LogP contribution in [0.1, 0.15) is 46.9 Å². The molecule has 0 aliphatic rings. The van der Waals surface area contributed by atoms with E-state index < -0.39 is 10.9 Å². The van der Waals surface area contributed by atoms with Gasteiger partial charge in [0.2, 0.25) is 0 Å². The molecule has 29 heavy (non-hydrogen) atoms. The molecule has 0 aliphatic carbocycles. The van der Waals surface area contributed by atoms with Gasteiger partial charge in [-0.15, -0.1) is 11.3 Å². The standard InChI is InChI=1S/C20H21N3O5S/c1-4-11(2)8-15-12(3)29-19-17(15)18(24)21-16(22-19)10-28-20(25)13-6-5-7-14(9-13)23(26)27/h5-7,9,11H,4,8,10H2,1-3H3,(H,21,22,24)/t11-/m1/s1. The summed E-state index contributed by atoms with van der Waals surface area (Å²) in [6.45, 7) is 6.01. The Morgan fingerprint density at radius 3 is 2.86 bits per heavy atom. The Morgan fingerprint density at radius 2 is 2.17 bits per heavy atom. The van der Waals surface area contributed by atoms with E-state index in [1.165, 1.54) is 29.5 Å². The number of nitro benzene ring substituents is 1. The summed E-state index contributed by atoms with van der Waals surface area (Å²) in [7, 11) is 0. The van der Waals surface area contributed by atoms with Gasteiger partial charge in [-0.25, -0.2) is 9.78 Å². The fourth-order valence-corrected chi connectivity index (χ4v) is 4.06. The van der Waals surface area contributed by atoms with Gasteiger partial charge < -0.3 is 9.72 Å². The number of thiophene rings is 1. The Bertz CT molecular complexity index is 1130. The highest BCUT2D eigenvalue weighted by molar-refractivity contribution is 7.18. The van der Waals surface area contributed by atoms with E-state index in [4.69, 9.17) is 4.74 Å². The van der Waals surface area contributed by atoms with E-state index in [0.29, 0.717) is 16.1 Å². The van der Waals surface area contributed by atoms with Crippen molar-refractivity contribution < 1.29 is 14.5 Å². The monoisotopic (exact) mass is 415 g/mol. The number of carbonyl (C=O) groups excluding carboxylic acids is 1. The lowest BCUT2D eigenvalue weighted by Crippen LogP contribution is -2.15. The minimum Gasteiger partial charge on any atom is -0.454 e. The summed E-state index contributed by atoms with van der Waals surface area (Å²) in [5.74, 6) is -0.0321. The maximum Gasteiger partial charge on any atom is 0.338 e. The first kappa shape index (κ1) is 20.7. The van der Waals surface area contributed by atoms with Crippen LogP contribution in [0.4, 0.5) is 5.69 Å². The van der Waals surface area contributed by atoms with E-state index in [0.717, 1.165) is 29.3 Å². The Balaban J connectivity index is 1.81. The predicted octanol–water partition coefficient (Wildman–Crippen LogP) is 4.15. The summed E-state index contributed by atoms with van der Waals surface area (Å²) in [5, 5.41) is 11.4. The third-order valence-electron chi connectivity index (χ3n) is 4.79. The number of esters is 1. The molecule has 0 amide bonds. The van der Waals surface area contributed by atoms with Gasteiger partial charge in [-0.2, -0.15) is 0 Å². The van der Waals surface area contributed by atoms with E-state index in [1.54, 1.807) is 0 Å². The van der Waals surface area contributed by atoms with Gasteiger partial charge in [0.1, 0.15) is 17.3 Å². The van der Waals surface area contributed by atoms with E-state index >= 15 is 0 Å². The first-order chi connectivity index (χ1) is 13.8. The molecule has 0 saturated carbocycles. The van der Waals surface area contributed by atoms with Gasteiger partial charge in [0.15, 0.2) is 0 Å². The van der Waals surface area contributed by atoms with Gasteiger partial charge in [-0.1, -0.05) is 26.3 Å². The zero-order chi connectivity index (χ0) is 21.1. The van der Waals surface area contributed by atoms with Gasteiger partial charge >= 0.3 is 5.97 Å². The van der Waals surface area contributed by atoms with Crippen LogP contribution in [-0.4, -0.2) is 20.9 Å². The van der Waals surface area contributed by atoms with Gasteiger partial charge in [-0.3, -0.25) is 14.9 Å². The van der Waals surface area contributed by atoms with E-state index in [1.807, 2.05) is 6.92 Å². The molecule has 2 heterocycles. The number of aromatic nitrogens is 2. The van der Waals surface area contributed by atoms with Crippen LogP contribution in [0.15, 0.2) is 29.1 Å². The number of benzene rings is 1. The molecule has 152 valence electrons. The zero-order valence-electron chi connectivity index (χ0n) is 16.4. The number of hydrogen-bond acceptors (Lipinski definition) is 7. The highest BCUT2D eigenvalue weighted by atomic mass is 32.1. The van der Waals surface area contributed by atoms with E-state index in [2.05, 4.69) is 23.8 Å². The number of nitrogens with zero attached hydrogens (tertiary/aromatic N) is 2. The van der Waals surface area contributed by atoms with E-state index in [9.17, 15) is 19.7 Å². The first-order valence-electron chi connectivity index (χ1n) is 9.22. The lowest BCUT2D eigenvalue weighted by Gasteiger charge is -2.08. The van der Waals surface area contributed by atoms with Crippen LogP contribution in [0.25, 0.3) is 10.2 Å². The lowest BCUT2D eigenvalue weighted by molar-refractivity contribution is -0.384. The molecule has 0 saturated heterocycles. The van der Waals surface area contributed by atoms with Crippen molar-refractivity contribution in [3.8, 4) is 0 Å². The fraction of sp³-hybridized carbons (Fsp3) is 0.350. The van der Waals surface area contributed by atoms with Crippen molar-refractivity contribution in [3.05, 3.63) is 66.6 Å². The largest absolute Gasteiger partial charge is 0.454 e. The molecule has 0 radical (unpaired) electrons. The normalized spacial score (nSPS) is 12.1. The van der Waals surface area contributed by atoms with Crippen LogP contribution >= 0.6 is 11.3 Å². The first-order valence-corrected chi connectivity index (χ1v) is 10.0. The molecule has 3 aromatic rings. The van der Waals surface area contributed by atoms with Crippen molar-refractivity contribution >= 4 is 33.2 Å². The summed E-state index contributed by atoms with van der Waals surface area (Å²) < 4.78 is 5.18. The quantitative estimate of drug-likeness (QED) is 0.352. The maximum absolute atomic E-state index is 12.6. The minimum atomic E-state index is -0.726. The molecule has 8 nitrogen and oxygen atoms in total. The average molecular weight is 415 g/mol. The second-order valence-corrected chi connectivity index (χ2v) is 8.13. The minimum absolute atomic E-state index is 0.0606. The molecule has 0 spiro atoms. The van der Waals surface area contributed by atoms with Crippen LogP contribution in [0.3, 0.4) is 0 Å². The Labute approximate surface area is 170 Å². The molecular formula is C20H21N3O5S. The number of nitro groups is 1. The van der Waals surface area contributed by atoms with Crippen molar-refractivity contribution in [3.63, 3.8) is 0 Å². The molecule has 2 aromatic heterocycles. The fourth-order valence-electron chi connectivity index (χ4n) is 2.99. The molecular weight excluding hydrogens is 394 g/mol. The molecule has 3 rings (SSSR count). The van der Waals surface area contributed by atoms with Crippen LogP contribution in [0.2, 0.25) is 0 Å². The molecule has 9 heteroatoms. The number of aryl methyl sites for hydroxylation is 1. The van der Waals surface area contributed by atoms with Crippen molar-refractivity contribution in [1.29, 1.82) is 0 Å². The maximum atomic E-state index is 12.6. The number of carbonyl (C=O) groups is 1. The van der Waals surface area contributed by atoms with Crippen molar-refractivity contribution in [2.24, 2.45) is 5.92 Å². The topological polar surface area (TPSA) is 115 Å². The third-order valence-corrected chi connectivity index (χ3v) is 5.84. The van der Waals surface area contributed by atoms with Crippen LogP contribution in [0.5, 0.6) is 0 Å².